The number of aromatic nitrogens is 1. The fourth-order valence-corrected chi connectivity index (χ4v) is 1.95. The van der Waals surface area contributed by atoms with Gasteiger partial charge in [-0.25, -0.2) is 4.98 Å². The summed E-state index contributed by atoms with van der Waals surface area (Å²) in [6.07, 6.45) is 1.60. The second kappa shape index (κ2) is 5.65. The smallest absolute Gasteiger partial charge is 0.273 e. The molecule has 0 amide bonds. The number of nitrogens with zero attached hydrogens (tertiary/aromatic N) is 2. The summed E-state index contributed by atoms with van der Waals surface area (Å²) < 4.78 is 5.68. The number of hydrogen-bond acceptors (Lipinski definition) is 5. The fraction of sp³-hybridized carbons (Fsp3) is 0.400. The quantitative estimate of drug-likeness (QED) is 0.688. The predicted octanol–water partition coefficient (Wildman–Crippen LogP) is 3.45. The molecule has 0 atom stereocenters. The molecule has 1 aromatic heterocycles. The Hall–Kier alpha value is -2.21. The minimum absolute atomic E-state index is 0.0317. The van der Waals surface area contributed by atoms with Crippen molar-refractivity contribution in [3.63, 3.8) is 0 Å². The first-order chi connectivity index (χ1) is 9.78. The number of oxazole rings is 1. The van der Waals surface area contributed by atoms with Crippen LogP contribution in [0.25, 0.3) is 11.3 Å². The highest BCUT2D eigenvalue weighted by Crippen LogP contribution is 2.30. The molecule has 6 heteroatoms. The summed E-state index contributed by atoms with van der Waals surface area (Å²) in [6.45, 7) is 8.39. The van der Waals surface area contributed by atoms with Gasteiger partial charge in [-0.05, 0) is 27.7 Å². The summed E-state index contributed by atoms with van der Waals surface area (Å²) in [5.41, 5.74) is 1.32. The van der Waals surface area contributed by atoms with E-state index in [4.69, 9.17) is 4.42 Å². The molecule has 0 aliphatic rings. The molecular weight excluding hydrogens is 270 g/mol. The average molecular weight is 289 g/mol. The zero-order valence-corrected chi connectivity index (χ0v) is 12.6. The molecular formula is C15H19N3O3. The molecule has 0 bridgehead atoms. The largest absolute Gasteiger partial charge is 0.439 e. The van der Waals surface area contributed by atoms with Gasteiger partial charge in [-0.1, -0.05) is 12.1 Å². The molecule has 2 aromatic rings. The topological polar surface area (TPSA) is 81.2 Å². The fourth-order valence-electron chi connectivity index (χ4n) is 1.95. The minimum atomic E-state index is -0.392. The minimum Gasteiger partial charge on any atom is -0.439 e. The van der Waals surface area contributed by atoms with Crippen LogP contribution < -0.4 is 5.32 Å². The molecule has 0 aliphatic heterocycles. The van der Waals surface area contributed by atoms with E-state index in [1.165, 1.54) is 6.07 Å². The van der Waals surface area contributed by atoms with Gasteiger partial charge < -0.3 is 9.73 Å². The van der Waals surface area contributed by atoms with Crippen LogP contribution in [0.4, 0.5) is 5.69 Å². The van der Waals surface area contributed by atoms with Crippen LogP contribution in [-0.4, -0.2) is 15.4 Å². The van der Waals surface area contributed by atoms with E-state index >= 15 is 0 Å². The van der Waals surface area contributed by atoms with Crippen molar-refractivity contribution >= 4 is 5.69 Å². The maximum Gasteiger partial charge on any atom is 0.273 e. The highest BCUT2D eigenvalue weighted by molar-refractivity contribution is 5.66. The number of benzene rings is 1. The van der Waals surface area contributed by atoms with Crippen LogP contribution in [-0.2, 0) is 6.54 Å². The molecule has 1 heterocycles. The van der Waals surface area contributed by atoms with Crippen LogP contribution in [0.2, 0.25) is 0 Å². The molecule has 0 unspecified atom stereocenters. The van der Waals surface area contributed by atoms with E-state index < -0.39 is 4.92 Å². The third kappa shape index (κ3) is 3.66. The third-order valence-electron chi connectivity index (χ3n) is 3.09. The molecule has 1 N–H and O–H groups in total. The lowest BCUT2D eigenvalue weighted by Crippen LogP contribution is -2.35. The van der Waals surface area contributed by atoms with Crippen molar-refractivity contribution in [1.82, 2.24) is 10.3 Å². The summed E-state index contributed by atoms with van der Waals surface area (Å²) in [5.74, 6) is 1.10. The highest BCUT2D eigenvalue weighted by atomic mass is 16.6. The summed E-state index contributed by atoms with van der Waals surface area (Å²) in [5, 5.41) is 14.3. The van der Waals surface area contributed by atoms with Crippen molar-refractivity contribution in [3.05, 3.63) is 46.0 Å². The van der Waals surface area contributed by atoms with Crippen LogP contribution >= 0.6 is 0 Å². The zero-order valence-electron chi connectivity index (χ0n) is 12.6. The number of hydrogen-bond donors (Lipinski definition) is 1. The summed E-state index contributed by atoms with van der Waals surface area (Å²) >= 11 is 0. The Kier molecular flexibility index (Phi) is 4.09. The molecule has 0 fully saturated rings. The van der Waals surface area contributed by atoms with Crippen molar-refractivity contribution in [2.45, 2.75) is 39.8 Å². The van der Waals surface area contributed by atoms with Crippen molar-refractivity contribution < 1.29 is 9.34 Å². The van der Waals surface area contributed by atoms with Gasteiger partial charge in [0.25, 0.3) is 5.69 Å². The molecule has 0 aliphatic carbocycles. The van der Waals surface area contributed by atoms with Crippen LogP contribution in [0.1, 0.15) is 32.2 Å². The number of rotatable bonds is 4. The van der Waals surface area contributed by atoms with E-state index in [0.717, 1.165) is 0 Å². The Labute approximate surface area is 123 Å². The van der Waals surface area contributed by atoms with E-state index in [1.807, 2.05) is 0 Å². The number of nitro benzene ring substituents is 1. The van der Waals surface area contributed by atoms with Crippen LogP contribution in [0.5, 0.6) is 0 Å². The normalized spacial score (nSPS) is 11.6. The van der Waals surface area contributed by atoms with E-state index in [-0.39, 0.29) is 11.2 Å². The molecule has 0 spiro atoms. The van der Waals surface area contributed by atoms with E-state index in [2.05, 4.69) is 31.1 Å². The zero-order chi connectivity index (χ0) is 15.6. The SMILES string of the molecule is Cc1c(-c2cnc(CNC(C)(C)C)o2)cccc1[N+](=O)[O-]. The molecule has 112 valence electrons. The van der Waals surface area contributed by atoms with Gasteiger partial charge >= 0.3 is 0 Å². The summed E-state index contributed by atoms with van der Waals surface area (Å²) in [4.78, 5) is 14.8. The van der Waals surface area contributed by atoms with Crippen molar-refractivity contribution in [3.8, 4) is 11.3 Å². The molecule has 0 saturated carbocycles. The van der Waals surface area contributed by atoms with Gasteiger partial charge in [-0.2, -0.15) is 0 Å². The highest BCUT2D eigenvalue weighted by Gasteiger charge is 2.17. The molecule has 2 rings (SSSR count). The van der Waals surface area contributed by atoms with Crippen molar-refractivity contribution in [1.29, 1.82) is 0 Å². The first-order valence-electron chi connectivity index (χ1n) is 6.72. The van der Waals surface area contributed by atoms with Crippen LogP contribution in [0.15, 0.2) is 28.8 Å². The van der Waals surface area contributed by atoms with Gasteiger partial charge in [0, 0.05) is 22.7 Å². The van der Waals surface area contributed by atoms with Crippen LogP contribution in [0, 0.1) is 17.0 Å². The van der Waals surface area contributed by atoms with Crippen molar-refractivity contribution in [2.24, 2.45) is 0 Å². The number of nitro groups is 1. The van der Waals surface area contributed by atoms with Crippen molar-refractivity contribution in [2.75, 3.05) is 0 Å². The lowest BCUT2D eigenvalue weighted by Gasteiger charge is -2.18. The summed E-state index contributed by atoms with van der Waals surface area (Å²) in [7, 11) is 0. The lowest BCUT2D eigenvalue weighted by molar-refractivity contribution is -0.385. The van der Waals surface area contributed by atoms with Crippen LogP contribution in [0.3, 0.4) is 0 Å². The van der Waals surface area contributed by atoms with E-state index in [1.54, 1.807) is 25.3 Å². The van der Waals surface area contributed by atoms with Gasteiger partial charge in [0.05, 0.1) is 17.7 Å². The van der Waals surface area contributed by atoms with Gasteiger partial charge in [0.2, 0.25) is 5.89 Å². The molecule has 21 heavy (non-hydrogen) atoms. The Balaban J connectivity index is 2.26. The van der Waals surface area contributed by atoms with E-state index in [0.29, 0.717) is 29.3 Å². The molecule has 1 aromatic carbocycles. The van der Waals surface area contributed by atoms with Gasteiger partial charge in [0.1, 0.15) is 0 Å². The Morgan fingerprint density at radius 2 is 2.10 bits per heavy atom. The van der Waals surface area contributed by atoms with Gasteiger partial charge in [-0.3, -0.25) is 10.1 Å². The van der Waals surface area contributed by atoms with E-state index in [9.17, 15) is 10.1 Å². The maximum atomic E-state index is 11.0. The first kappa shape index (κ1) is 15.2. The number of nitrogens with one attached hydrogen (secondary N) is 1. The molecule has 0 radical (unpaired) electrons. The monoisotopic (exact) mass is 289 g/mol. The van der Waals surface area contributed by atoms with Gasteiger partial charge in [-0.15, -0.1) is 0 Å². The standard InChI is InChI=1S/C15H19N3O3/c1-10-11(6-5-7-12(10)18(19)20)13-8-16-14(21-13)9-17-15(2,3)4/h5-8,17H,9H2,1-4H3. The predicted molar refractivity (Wildman–Crippen MR) is 79.9 cm³/mol. The Morgan fingerprint density at radius 1 is 1.38 bits per heavy atom. The maximum absolute atomic E-state index is 11.0. The molecule has 0 saturated heterocycles. The van der Waals surface area contributed by atoms with Gasteiger partial charge in [0.15, 0.2) is 5.76 Å². The lowest BCUT2D eigenvalue weighted by atomic mass is 10.1. The second-order valence-electron chi connectivity index (χ2n) is 5.93. The Morgan fingerprint density at radius 3 is 2.71 bits per heavy atom. The first-order valence-corrected chi connectivity index (χ1v) is 6.72. The Bertz CT molecular complexity index is 656. The average Bonchev–Trinajstić information content (AvgIpc) is 2.84. The third-order valence-corrected chi connectivity index (χ3v) is 3.09. The summed E-state index contributed by atoms with van der Waals surface area (Å²) in [6, 6.07) is 4.93. The molecule has 6 nitrogen and oxygen atoms in total. The second-order valence-corrected chi connectivity index (χ2v) is 5.93.